The van der Waals surface area contributed by atoms with Crippen LogP contribution >= 0.6 is 0 Å². The lowest BCUT2D eigenvalue weighted by molar-refractivity contribution is 0.0624. The van der Waals surface area contributed by atoms with E-state index in [-0.39, 0.29) is 23.5 Å². The van der Waals surface area contributed by atoms with Crippen LogP contribution in [-0.2, 0) is 21.0 Å². The highest BCUT2D eigenvalue weighted by molar-refractivity contribution is 7.91. The molecule has 24 heavy (non-hydrogen) atoms. The van der Waals surface area contributed by atoms with Gasteiger partial charge in [0.25, 0.3) is 5.91 Å². The van der Waals surface area contributed by atoms with Crippen molar-refractivity contribution in [3.8, 4) is 0 Å². The van der Waals surface area contributed by atoms with Gasteiger partial charge in [-0.25, -0.2) is 8.42 Å². The number of hydrogen-bond acceptors (Lipinski definition) is 4. The molecule has 3 rings (SSSR count). The molecule has 0 bridgehead atoms. The molecule has 0 saturated carbocycles. The summed E-state index contributed by atoms with van der Waals surface area (Å²) in [7, 11) is -1.46. The lowest BCUT2D eigenvalue weighted by Gasteiger charge is -2.28. The zero-order valence-electron chi connectivity index (χ0n) is 13.9. The van der Waals surface area contributed by atoms with Gasteiger partial charge in [-0.1, -0.05) is 18.2 Å². The minimum atomic E-state index is -3.04. The Morgan fingerprint density at radius 2 is 2.21 bits per heavy atom. The van der Waals surface area contributed by atoms with Crippen molar-refractivity contribution < 1.29 is 17.9 Å². The minimum absolute atomic E-state index is 0.0517. The Kier molecular flexibility index (Phi) is 5.06. The van der Waals surface area contributed by atoms with Crippen LogP contribution in [0.15, 0.2) is 24.3 Å². The highest BCUT2D eigenvalue weighted by atomic mass is 32.2. The van der Waals surface area contributed by atoms with Crippen molar-refractivity contribution in [1.82, 2.24) is 4.90 Å². The van der Waals surface area contributed by atoms with Crippen LogP contribution in [0.4, 0.5) is 0 Å². The zero-order chi connectivity index (χ0) is 17.2. The highest BCUT2D eigenvalue weighted by Crippen LogP contribution is 2.24. The maximum atomic E-state index is 13.0. The summed E-state index contributed by atoms with van der Waals surface area (Å²) < 4.78 is 28.7. The maximum Gasteiger partial charge on any atom is 0.254 e. The number of carbonyl (C=O) groups excluding carboxylic acids is 1. The van der Waals surface area contributed by atoms with Gasteiger partial charge in [0.1, 0.15) is 0 Å². The van der Waals surface area contributed by atoms with Gasteiger partial charge in [-0.15, -0.1) is 0 Å². The number of benzene rings is 1. The van der Waals surface area contributed by atoms with Crippen molar-refractivity contribution in [1.29, 1.82) is 0 Å². The normalized spacial score (nSPS) is 21.5. The van der Waals surface area contributed by atoms with E-state index in [4.69, 9.17) is 4.74 Å². The standard InChI is InChI=1S/C18H23NO4S/c1-23-10-9-19(17-8-11-24(21,22)13-17)18(20)16-7-6-14-4-2-3-5-15(14)12-16/h2,4,6-7,12,17H,3,5,8-11,13H2,1H3. The molecule has 1 fully saturated rings. The molecular formula is C18H23NO4S. The van der Waals surface area contributed by atoms with Crippen LogP contribution < -0.4 is 0 Å². The van der Waals surface area contributed by atoms with E-state index in [0.29, 0.717) is 25.1 Å². The fourth-order valence-corrected chi connectivity index (χ4v) is 5.12. The van der Waals surface area contributed by atoms with Crippen LogP contribution in [0.5, 0.6) is 0 Å². The molecule has 1 aromatic rings. The molecule has 1 aliphatic heterocycles. The number of carbonyl (C=O) groups is 1. The lowest BCUT2D eigenvalue weighted by Crippen LogP contribution is -2.43. The van der Waals surface area contributed by atoms with E-state index < -0.39 is 9.84 Å². The second kappa shape index (κ2) is 7.07. The van der Waals surface area contributed by atoms with Crippen LogP contribution in [0.2, 0.25) is 0 Å². The first-order valence-corrected chi connectivity index (χ1v) is 10.1. The predicted molar refractivity (Wildman–Crippen MR) is 93.8 cm³/mol. The van der Waals surface area contributed by atoms with Gasteiger partial charge in [0.05, 0.1) is 18.1 Å². The molecule has 1 atom stereocenters. The summed E-state index contributed by atoms with van der Waals surface area (Å²) in [5, 5.41) is 0. The molecule has 2 aliphatic rings. The Labute approximate surface area is 143 Å². The second-order valence-corrected chi connectivity index (χ2v) is 8.63. The molecule has 6 heteroatoms. The third-order valence-electron chi connectivity index (χ3n) is 4.71. The number of allylic oxidation sites excluding steroid dienone is 1. The van der Waals surface area contributed by atoms with Crippen LogP contribution in [-0.4, -0.2) is 57.0 Å². The summed E-state index contributed by atoms with van der Waals surface area (Å²) in [6.45, 7) is 0.808. The largest absolute Gasteiger partial charge is 0.383 e. The average molecular weight is 349 g/mol. The smallest absolute Gasteiger partial charge is 0.254 e. The van der Waals surface area contributed by atoms with Gasteiger partial charge in [0.2, 0.25) is 0 Å². The molecule has 1 heterocycles. The van der Waals surface area contributed by atoms with Crippen molar-refractivity contribution in [3.63, 3.8) is 0 Å². The van der Waals surface area contributed by atoms with Gasteiger partial charge in [-0.3, -0.25) is 4.79 Å². The summed E-state index contributed by atoms with van der Waals surface area (Å²) in [5.41, 5.74) is 2.96. The van der Waals surface area contributed by atoms with E-state index in [1.165, 1.54) is 5.56 Å². The number of hydrogen-bond donors (Lipinski definition) is 0. The van der Waals surface area contributed by atoms with Crippen molar-refractivity contribution in [2.45, 2.75) is 25.3 Å². The second-order valence-electron chi connectivity index (χ2n) is 6.40. The molecule has 5 nitrogen and oxygen atoms in total. The summed E-state index contributed by atoms with van der Waals surface area (Å²) in [5.74, 6) is 0.103. The number of ether oxygens (including phenoxy) is 1. The van der Waals surface area contributed by atoms with Crippen molar-refractivity contribution >= 4 is 21.8 Å². The van der Waals surface area contributed by atoms with Gasteiger partial charge in [-0.2, -0.15) is 0 Å². The van der Waals surface area contributed by atoms with E-state index in [1.807, 2.05) is 18.2 Å². The molecule has 0 spiro atoms. The number of sulfone groups is 1. The summed E-state index contributed by atoms with van der Waals surface area (Å²) in [4.78, 5) is 14.7. The van der Waals surface area contributed by atoms with Crippen LogP contribution in [0.25, 0.3) is 6.08 Å². The summed E-state index contributed by atoms with van der Waals surface area (Å²) in [6.07, 6.45) is 6.64. The van der Waals surface area contributed by atoms with Gasteiger partial charge in [0, 0.05) is 25.3 Å². The Morgan fingerprint density at radius 1 is 1.38 bits per heavy atom. The minimum Gasteiger partial charge on any atom is -0.383 e. The summed E-state index contributed by atoms with van der Waals surface area (Å²) in [6, 6.07) is 5.50. The number of methoxy groups -OCH3 is 1. The van der Waals surface area contributed by atoms with Crippen molar-refractivity contribution in [3.05, 3.63) is 41.0 Å². The fourth-order valence-electron chi connectivity index (χ4n) is 3.39. The fraction of sp³-hybridized carbons (Fsp3) is 0.500. The molecule has 1 unspecified atom stereocenters. The number of rotatable bonds is 5. The van der Waals surface area contributed by atoms with Gasteiger partial charge in [-0.05, 0) is 42.5 Å². The first-order chi connectivity index (χ1) is 11.5. The van der Waals surface area contributed by atoms with Gasteiger partial charge >= 0.3 is 0 Å². The molecule has 1 aromatic carbocycles. The van der Waals surface area contributed by atoms with E-state index in [1.54, 1.807) is 12.0 Å². The first-order valence-electron chi connectivity index (χ1n) is 8.30. The molecule has 1 amide bonds. The summed E-state index contributed by atoms with van der Waals surface area (Å²) >= 11 is 0. The molecule has 0 N–H and O–H groups in total. The first kappa shape index (κ1) is 17.2. The highest BCUT2D eigenvalue weighted by Gasteiger charge is 2.34. The zero-order valence-corrected chi connectivity index (χ0v) is 14.7. The Hall–Kier alpha value is -1.66. The quantitative estimate of drug-likeness (QED) is 0.815. The molecule has 0 radical (unpaired) electrons. The average Bonchev–Trinajstić information content (AvgIpc) is 2.94. The molecule has 130 valence electrons. The number of fused-ring (bicyclic) bond motifs is 1. The Morgan fingerprint density at radius 3 is 2.92 bits per heavy atom. The number of aryl methyl sites for hydroxylation is 1. The van der Waals surface area contributed by atoms with Crippen LogP contribution in [0, 0.1) is 0 Å². The van der Waals surface area contributed by atoms with Crippen molar-refractivity contribution in [2.75, 3.05) is 31.8 Å². The monoisotopic (exact) mass is 349 g/mol. The molecule has 0 aromatic heterocycles. The van der Waals surface area contributed by atoms with E-state index in [2.05, 4.69) is 12.2 Å². The molecule has 1 saturated heterocycles. The third-order valence-corrected chi connectivity index (χ3v) is 6.46. The van der Waals surface area contributed by atoms with E-state index in [9.17, 15) is 13.2 Å². The Bertz CT molecular complexity index is 754. The van der Waals surface area contributed by atoms with Gasteiger partial charge < -0.3 is 9.64 Å². The third kappa shape index (κ3) is 3.70. The van der Waals surface area contributed by atoms with E-state index in [0.717, 1.165) is 18.4 Å². The van der Waals surface area contributed by atoms with Crippen LogP contribution in [0.3, 0.4) is 0 Å². The molecule has 1 aliphatic carbocycles. The topological polar surface area (TPSA) is 63.7 Å². The number of nitrogens with zero attached hydrogens (tertiary/aromatic N) is 1. The predicted octanol–water partition coefficient (Wildman–Crippen LogP) is 1.92. The maximum absolute atomic E-state index is 13.0. The number of amides is 1. The van der Waals surface area contributed by atoms with Crippen LogP contribution in [0.1, 0.15) is 34.3 Å². The Balaban J connectivity index is 1.84. The van der Waals surface area contributed by atoms with Crippen molar-refractivity contribution in [2.24, 2.45) is 0 Å². The van der Waals surface area contributed by atoms with E-state index >= 15 is 0 Å². The van der Waals surface area contributed by atoms with Gasteiger partial charge in [0.15, 0.2) is 9.84 Å². The SMILES string of the molecule is COCCN(C(=O)c1ccc2c(c1)CCC=C2)C1CCS(=O)(=O)C1. The lowest BCUT2D eigenvalue weighted by atomic mass is 9.95. The molecular weight excluding hydrogens is 326 g/mol.